The Kier molecular flexibility index (Phi) is 6.65. The van der Waals surface area contributed by atoms with Crippen LogP contribution in [0.25, 0.3) is 0 Å². The summed E-state index contributed by atoms with van der Waals surface area (Å²) in [6, 6.07) is 11.2. The third kappa shape index (κ3) is 4.56. The van der Waals surface area contributed by atoms with Crippen molar-refractivity contribution >= 4 is 17.7 Å². The molecular formula is C24H31N3O4. The zero-order valence-corrected chi connectivity index (χ0v) is 18.9. The lowest BCUT2D eigenvalue weighted by Crippen LogP contribution is -2.44. The zero-order valence-electron chi connectivity index (χ0n) is 18.9. The second-order valence-corrected chi connectivity index (χ2v) is 8.52. The van der Waals surface area contributed by atoms with Gasteiger partial charge in [-0.1, -0.05) is 30.3 Å². The van der Waals surface area contributed by atoms with Crippen LogP contribution < -0.4 is 5.32 Å². The molecule has 1 aromatic carbocycles. The molecule has 1 aromatic heterocycles. The number of hydrogen-bond acceptors (Lipinski definition) is 4. The van der Waals surface area contributed by atoms with Gasteiger partial charge in [-0.25, -0.2) is 4.79 Å². The number of aromatic nitrogens is 1. The number of methoxy groups -OCH3 is 1. The predicted octanol–water partition coefficient (Wildman–Crippen LogP) is 3.44. The summed E-state index contributed by atoms with van der Waals surface area (Å²) in [5, 5.41) is 2.79. The van der Waals surface area contributed by atoms with Crippen LogP contribution in [-0.4, -0.2) is 53.0 Å². The van der Waals surface area contributed by atoms with Gasteiger partial charge in [-0.05, 0) is 52.2 Å². The van der Waals surface area contributed by atoms with Crippen molar-refractivity contribution in [1.29, 1.82) is 0 Å². The number of aryl methyl sites for hydroxylation is 2. The van der Waals surface area contributed by atoms with E-state index in [1.165, 1.54) is 0 Å². The van der Waals surface area contributed by atoms with Crippen LogP contribution in [0, 0.1) is 13.8 Å². The Balaban J connectivity index is 1.72. The number of nitrogens with zero attached hydrogens (tertiary/aromatic N) is 2. The zero-order chi connectivity index (χ0) is 22.8. The molecule has 7 heteroatoms. The Bertz CT molecular complexity index is 982. The molecule has 1 aliphatic heterocycles. The summed E-state index contributed by atoms with van der Waals surface area (Å²) in [5.74, 6) is -0.608. The minimum atomic E-state index is -1.02. The summed E-state index contributed by atoms with van der Waals surface area (Å²) in [5.41, 5.74) is 2.36. The maximum atomic E-state index is 13.0. The second kappa shape index (κ2) is 9.06. The minimum Gasteiger partial charge on any atom is -0.383 e. The molecule has 0 bridgehead atoms. The molecule has 1 N–H and O–H groups in total. The van der Waals surface area contributed by atoms with Crippen LogP contribution in [0.15, 0.2) is 36.4 Å². The Hall–Kier alpha value is -2.93. The number of hydrogen-bond donors (Lipinski definition) is 1. The smallest absolute Gasteiger partial charge is 0.325 e. The van der Waals surface area contributed by atoms with E-state index < -0.39 is 11.6 Å². The Labute approximate surface area is 183 Å². The molecule has 2 atom stereocenters. The highest BCUT2D eigenvalue weighted by atomic mass is 16.5. The fraction of sp³-hybridized carbons (Fsp3) is 0.458. The molecule has 0 aliphatic carbocycles. The number of carbonyl (C=O) groups is 3. The Morgan fingerprint density at radius 3 is 2.52 bits per heavy atom. The van der Waals surface area contributed by atoms with Gasteiger partial charge in [-0.3, -0.25) is 14.5 Å². The van der Waals surface area contributed by atoms with Gasteiger partial charge in [-0.15, -0.1) is 0 Å². The molecule has 0 spiro atoms. The number of ether oxygens (including phenoxy) is 1. The number of imide groups is 1. The molecule has 1 saturated heterocycles. The van der Waals surface area contributed by atoms with E-state index >= 15 is 0 Å². The van der Waals surface area contributed by atoms with E-state index in [0.717, 1.165) is 21.9 Å². The maximum absolute atomic E-state index is 13.0. The van der Waals surface area contributed by atoms with Crippen molar-refractivity contribution in [2.24, 2.45) is 0 Å². The topological polar surface area (TPSA) is 80.6 Å². The molecule has 2 heterocycles. The fourth-order valence-electron chi connectivity index (χ4n) is 4.38. The number of benzene rings is 1. The standard InChI is InChI=1S/C24H31N3O4/c1-16-13-20(18(3)27(16)17(2)15-31-5)21(28)14-26-22(29)24(4,25-23(26)30)12-11-19-9-7-6-8-10-19/h6-10,13,17H,11-12,14-15H2,1-5H3,(H,25,30)/t17-,24+/m0/s1. The van der Waals surface area contributed by atoms with Crippen LogP contribution >= 0.6 is 0 Å². The summed E-state index contributed by atoms with van der Waals surface area (Å²) in [4.78, 5) is 39.7. The number of carbonyl (C=O) groups excluding carboxylic acids is 3. The van der Waals surface area contributed by atoms with Gasteiger partial charge in [0.2, 0.25) is 0 Å². The van der Waals surface area contributed by atoms with Crippen LogP contribution in [0.4, 0.5) is 4.79 Å². The molecule has 2 aromatic rings. The van der Waals surface area contributed by atoms with Gasteiger partial charge in [0.05, 0.1) is 19.2 Å². The average Bonchev–Trinajstić information content (AvgIpc) is 3.15. The van der Waals surface area contributed by atoms with E-state index in [1.807, 2.05) is 61.7 Å². The SMILES string of the molecule is COC[C@H](C)n1c(C)cc(C(=O)CN2C(=O)N[C@](C)(CCc3ccccc3)C2=O)c1C. The van der Waals surface area contributed by atoms with E-state index in [4.69, 9.17) is 4.74 Å². The van der Waals surface area contributed by atoms with Crippen LogP contribution in [0.3, 0.4) is 0 Å². The molecule has 1 aliphatic rings. The van der Waals surface area contributed by atoms with Gasteiger partial charge >= 0.3 is 6.03 Å². The number of rotatable bonds is 9. The van der Waals surface area contributed by atoms with Crippen LogP contribution in [0.2, 0.25) is 0 Å². The highest BCUT2D eigenvalue weighted by molar-refractivity contribution is 6.11. The molecule has 0 radical (unpaired) electrons. The molecular weight excluding hydrogens is 394 g/mol. The molecule has 7 nitrogen and oxygen atoms in total. The molecule has 3 rings (SSSR count). The summed E-state index contributed by atoms with van der Waals surface area (Å²) in [7, 11) is 1.64. The lowest BCUT2D eigenvalue weighted by atomic mass is 9.93. The normalized spacial score (nSPS) is 19.6. The summed E-state index contributed by atoms with van der Waals surface area (Å²) >= 11 is 0. The second-order valence-electron chi connectivity index (χ2n) is 8.52. The molecule has 0 unspecified atom stereocenters. The number of ketones is 1. The van der Waals surface area contributed by atoms with Crippen molar-refractivity contribution in [3.05, 3.63) is 58.9 Å². The Morgan fingerprint density at radius 1 is 1.19 bits per heavy atom. The van der Waals surface area contributed by atoms with Crippen LogP contribution in [0.1, 0.15) is 53.6 Å². The summed E-state index contributed by atoms with van der Waals surface area (Å²) in [6.45, 7) is 7.81. The van der Waals surface area contributed by atoms with Crippen LogP contribution in [-0.2, 0) is 16.0 Å². The molecule has 31 heavy (non-hydrogen) atoms. The van der Waals surface area contributed by atoms with Gasteiger partial charge in [0.1, 0.15) is 5.54 Å². The first kappa shape index (κ1) is 22.7. The van der Waals surface area contributed by atoms with Gasteiger partial charge in [0.25, 0.3) is 5.91 Å². The largest absolute Gasteiger partial charge is 0.383 e. The van der Waals surface area contributed by atoms with Crippen molar-refractivity contribution < 1.29 is 19.1 Å². The number of nitrogens with one attached hydrogen (secondary N) is 1. The highest BCUT2D eigenvalue weighted by Gasteiger charge is 2.48. The monoisotopic (exact) mass is 425 g/mol. The van der Waals surface area contributed by atoms with Gasteiger partial charge in [0.15, 0.2) is 5.78 Å². The summed E-state index contributed by atoms with van der Waals surface area (Å²) < 4.78 is 7.29. The van der Waals surface area contributed by atoms with Crippen molar-refractivity contribution in [1.82, 2.24) is 14.8 Å². The molecule has 1 fully saturated rings. The van der Waals surface area contributed by atoms with E-state index in [-0.39, 0.29) is 24.3 Å². The number of urea groups is 1. The predicted molar refractivity (Wildman–Crippen MR) is 118 cm³/mol. The first-order valence-corrected chi connectivity index (χ1v) is 10.6. The quantitative estimate of drug-likeness (QED) is 0.493. The van der Waals surface area contributed by atoms with Crippen molar-refractivity contribution in [3.63, 3.8) is 0 Å². The number of Topliss-reactive ketones (excluding diaryl/α,β-unsaturated/α-hetero) is 1. The Morgan fingerprint density at radius 2 is 1.87 bits per heavy atom. The van der Waals surface area contributed by atoms with Gasteiger partial charge in [-0.2, -0.15) is 0 Å². The highest BCUT2D eigenvalue weighted by Crippen LogP contribution is 2.25. The molecule has 3 amide bonds. The number of amides is 3. The van der Waals surface area contributed by atoms with Gasteiger partial charge < -0.3 is 14.6 Å². The lowest BCUT2D eigenvalue weighted by molar-refractivity contribution is -0.130. The van der Waals surface area contributed by atoms with Crippen LogP contribution in [0.5, 0.6) is 0 Å². The van der Waals surface area contributed by atoms with E-state index in [9.17, 15) is 14.4 Å². The van der Waals surface area contributed by atoms with Crippen molar-refractivity contribution in [2.45, 2.75) is 52.1 Å². The molecule has 0 saturated carbocycles. The third-order valence-electron chi connectivity index (χ3n) is 6.04. The van der Waals surface area contributed by atoms with Crippen molar-refractivity contribution in [3.8, 4) is 0 Å². The third-order valence-corrected chi connectivity index (χ3v) is 6.04. The molecule has 166 valence electrons. The van der Waals surface area contributed by atoms with Crippen molar-refractivity contribution in [2.75, 3.05) is 20.3 Å². The maximum Gasteiger partial charge on any atom is 0.325 e. The van der Waals surface area contributed by atoms with E-state index in [2.05, 4.69) is 5.32 Å². The minimum absolute atomic E-state index is 0.0737. The van der Waals surface area contributed by atoms with E-state index in [0.29, 0.717) is 25.0 Å². The lowest BCUT2D eigenvalue weighted by Gasteiger charge is -2.21. The van der Waals surface area contributed by atoms with E-state index in [1.54, 1.807) is 14.0 Å². The first-order valence-electron chi connectivity index (χ1n) is 10.6. The first-order chi connectivity index (χ1) is 14.7. The average molecular weight is 426 g/mol. The summed E-state index contributed by atoms with van der Waals surface area (Å²) in [6.07, 6.45) is 1.12. The van der Waals surface area contributed by atoms with Gasteiger partial charge in [0, 0.05) is 24.1 Å². The fourth-order valence-corrected chi connectivity index (χ4v) is 4.38.